The molecule has 3 N–H and O–H groups in total. The van der Waals surface area contributed by atoms with Crippen LogP contribution in [0, 0.1) is 0 Å². The van der Waals surface area contributed by atoms with E-state index in [1.54, 1.807) is 0 Å². The van der Waals surface area contributed by atoms with E-state index in [-0.39, 0.29) is 17.1 Å². The number of nitrogens with zero attached hydrogens (tertiary/aromatic N) is 2. The maximum atomic E-state index is 11.9. The molecule has 1 atom stereocenters. The zero-order chi connectivity index (χ0) is 13.9. The SMILES string of the molecule is CC(C)(C)c1nc(C(=O)NCCC2CCCN2)n[nH]1. The summed E-state index contributed by atoms with van der Waals surface area (Å²) in [5.74, 6) is 0.754. The predicted octanol–water partition coefficient (Wildman–Crippen LogP) is 0.974. The average molecular weight is 265 g/mol. The lowest BCUT2D eigenvalue weighted by Crippen LogP contribution is -2.31. The number of hydrogen-bond acceptors (Lipinski definition) is 4. The topological polar surface area (TPSA) is 82.7 Å². The third-order valence-electron chi connectivity index (χ3n) is 3.34. The molecule has 1 aliphatic heterocycles. The Hall–Kier alpha value is -1.43. The van der Waals surface area contributed by atoms with Crippen LogP contribution >= 0.6 is 0 Å². The standard InChI is InChI=1S/C13H23N5O/c1-13(2,3)12-16-10(17-18-12)11(19)15-8-6-9-5-4-7-14-9/h9,14H,4-8H2,1-3H3,(H,15,19)(H,16,17,18). The lowest BCUT2D eigenvalue weighted by atomic mass is 9.96. The fourth-order valence-electron chi connectivity index (χ4n) is 2.14. The molecule has 0 radical (unpaired) electrons. The molecule has 2 rings (SSSR count). The van der Waals surface area contributed by atoms with Crippen LogP contribution in [0.25, 0.3) is 0 Å². The van der Waals surface area contributed by atoms with Gasteiger partial charge in [0.15, 0.2) is 0 Å². The Morgan fingerprint density at radius 2 is 2.26 bits per heavy atom. The molecule has 6 heteroatoms. The van der Waals surface area contributed by atoms with Crippen LogP contribution in [0.5, 0.6) is 0 Å². The molecule has 1 aliphatic rings. The van der Waals surface area contributed by atoms with Gasteiger partial charge in [-0.1, -0.05) is 20.8 Å². The highest BCUT2D eigenvalue weighted by Gasteiger charge is 2.21. The number of nitrogens with one attached hydrogen (secondary N) is 3. The maximum absolute atomic E-state index is 11.9. The van der Waals surface area contributed by atoms with Crippen molar-refractivity contribution in [1.29, 1.82) is 0 Å². The maximum Gasteiger partial charge on any atom is 0.290 e. The molecule has 0 aliphatic carbocycles. The van der Waals surface area contributed by atoms with E-state index in [1.165, 1.54) is 12.8 Å². The van der Waals surface area contributed by atoms with Crippen molar-refractivity contribution < 1.29 is 4.79 Å². The molecule has 19 heavy (non-hydrogen) atoms. The minimum atomic E-state index is -0.204. The van der Waals surface area contributed by atoms with E-state index in [0.717, 1.165) is 18.8 Å². The molecule has 1 amide bonds. The first kappa shape index (κ1) is 14.0. The lowest BCUT2D eigenvalue weighted by molar-refractivity contribution is 0.0942. The van der Waals surface area contributed by atoms with Gasteiger partial charge < -0.3 is 10.6 Å². The molecule has 0 aromatic carbocycles. The average Bonchev–Trinajstić information content (AvgIpc) is 2.99. The second-order valence-corrected chi connectivity index (χ2v) is 6.10. The van der Waals surface area contributed by atoms with Crippen molar-refractivity contribution in [3.8, 4) is 0 Å². The molecular weight excluding hydrogens is 242 g/mol. The normalized spacial score (nSPS) is 19.6. The van der Waals surface area contributed by atoms with Crippen molar-refractivity contribution in [3.63, 3.8) is 0 Å². The molecule has 2 heterocycles. The van der Waals surface area contributed by atoms with E-state index >= 15 is 0 Å². The minimum Gasteiger partial charge on any atom is -0.349 e. The highest BCUT2D eigenvalue weighted by Crippen LogP contribution is 2.17. The fourth-order valence-corrected chi connectivity index (χ4v) is 2.14. The van der Waals surface area contributed by atoms with Gasteiger partial charge in [-0.05, 0) is 25.8 Å². The molecule has 1 aromatic heterocycles. The molecular formula is C13H23N5O. The molecule has 0 bridgehead atoms. The molecule has 1 fully saturated rings. The molecule has 1 unspecified atom stereocenters. The number of amides is 1. The smallest absolute Gasteiger partial charge is 0.290 e. The van der Waals surface area contributed by atoms with Gasteiger partial charge in [0.2, 0.25) is 5.82 Å². The largest absolute Gasteiger partial charge is 0.349 e. The zero-order valence-electron chi connectivity index (χ0n) is 11.9. The van der Waals surface area contributed by atoms with E-state index in [2.05, 4.69) is 25.8 Å². The van der Waals surface area contributed by atoms with E-state index < -0.39 is 0 Å². The van der Waals surface area contributed by atoms with E-state index in [4.69, 9.17) is 0 Å². The summed E-state index contributed by atoms with van der Waals surface area (Å²) in [4.78, 5) is 16.1. The first-order valence-corrected chi connectivity index (χ1v) is 6.91. The second kappa shape index (κ2) is 5.69. The van der Waals surface area contributed by atoms with Crippen molar-refractivity contribution >= 4 is 5.91 Å². The Kier molecular flexibility index (Phi) is 4.19. The summed E-state index contributed by atoms with van der Waals surface area (Å²) in [6, 6.07) is 0.539. The number of rotatable bonds is 4. The van der Waals surface area contributed by atoms with Crippen LogP contribution in [0.4, 0.5) is 0 Å². The molecule has 1 saturated heterocycles. The van der Waals surface area contributed by atoms with Crippen LogP contribution in [0.1, 0.15) is 56.5 Å². The second-order valence-electron chi connectivity index (χ2n) is 6.10. The highest BCUT2D eigenvalue weighted by molar-refractivity contribution is 5.90. The van der Waals surface area contributed by atoms with Crippen LogP contribution < -0.4 is 10.6 Å². The van der Waals surface area contributed by atoms with Crippen LogP contribution in [-0.4, -0.2) is 40.2 Å². The van der Waals surface area contributed by atoms with Gasteiger partial charge in [-0.15, -0.1) is 5.10 Å². The van der Waals surface area contributed by atoms with Crippen molar-refractivity contribution in [2.75, 3.05) is 13.1 Å². The summed E-state index contributed by atoms with van der Waals surface area (Å²) in [5.41, 5.74) is -0.126. The Morgan fingerprint density at radius 3 is 2.84 bits per heavy atom. The fraction of sp³-hybridized carbons (Fsp3) is 0.769. The van der Waals surface area contributed by atoms with Crippen molar-refractivity contribution in [2.24, 2.45) is 0 Å². The summed E-state index contributed by atoms with van der Waals surface area (Å²) in [7, 11) is 0. The summed E-state index contributed by atoms with van der Waals surface area (Å²) >= 11 is 0. The quantitative estimate of drug-likeness (QED) is 0.757. The van der Waals surface area contributed by atoms with Gasteiger partial charge in [0.05, 0.1) is 0 Å². The van der Waals surface area contributed by atoms with Crippen LogP contribution in [-0.2, 0) is 5.41 Å². The Balaban J connectivity index is 1.81. The molecule has 6 nitrogen and oxygen atoms in total. The number of hydrogen-bond donors (Lipinski definition) is 3. The van der Waals surface area contributed by atoms with Crippen molar-refractivity contribution in [3.05, 3.63) is 11.6 Å². The number of aromatic amines is 1. The van der Waals surface area contributed by atoms with E-state index in [0.29, 0.717) is 12.6 Å². The predicted molar refractivity (Wildman–Crippen MR) is 73.1 cm³/mol. The number of carbonyl (C=O) groups excluding carboxylic acids is 1. The summed E-state index contributed by atoms with van der Waals surface area (Å²) in [6.45, 7) is 7.84. The molecule has 0 saturated carbocycles. The first-order chi connectivity index (χ1) is 8.97. The summed E-state index contributed by atoms with van der Waals surface area (Å²) < 4.78 is 0. The van der Waals surface area contributed by atoms with E-state index in [9.17, 15) is 4.79 Å². The monoisotopic (exact) mass is 265 g/mol. The number of H-pyrrole nitrogens is 1. The Bertz CT molecular complexity index is 428. The van der Waals surface area contributed by atoms with Gasteiger partial charge in [-0.25, -0.2) is 4.98 Å². The van der Waals surface area contributed by atoms with Crippen LogP contribution in [0.15, 0.2) is 0 Å². The molecule has 0 spiro atoms. The van der Waals surface area contributed by atoms with Crippen LogP contribution in [0.3, 0.4) is 0 Å². The minimum absolute atomic E-state index is 0.126. The number of aromatic nitrogens is 3. The number of carbonyl (C=O) groups is 1. The highest BCUT2D eigenvalue weighted by atomic mass is 16.2. The van der Waals surface area contributed by atoms with Crippen molar-refractivity contribution in [1.82, 2.24) is 25.8 Å². The van der Waals surface area contributed by atoms with Crippen LogP contribution in [0.2, 0.25) is 0 Å². The van der Waals surface area contributed by atoms with Gasteiger partial charge in [0.25, 0.3) is 5.91 Å². The third kappa shape index (κ3) is 3.76. The molecule has 106 valence electrons. The first-order valence-electron chi connectivity index (χ1n) is 6.91. The zero-order valence-corrected chi connectivity index (χ0v) is 11.9. The summed E-state index contributed by atoms with van der Waals surface area (Å²) in [6.07, 6.45) is 3.39. The van der Waals surface area contributed by atoms with Gasteiger partial charge in [0.1, 0.15) is 5.82 Å². The van der Waals surface area contributed by atoms with Gasteiger partial charge >= 0.3 is 0 Å². The van der Waals surface area contributed by atoms with E-state index in [1.807, 2.05) is 20.8 Å². The van der Waals surface area contributed by atoms with Crippen molar-refractivity contribution in [2.45, 2.75) is 51.5 Å². The van der Waals surface area contributed by atoms with Gasteiger partial charge in [0, 0.05) is 18.0 Å². The molecule has 1 aromatic rings. The van der Waals surface area contributed by atoms with Gasteiger partial charge in [-0.2, -0.15) is 0 Å². The Labute approximate surface area is 113 Å². The third-order valence-corrected chi connectivity index (χ3v) is 3.34. The lowest BCUT2D eigenvalue weighted by Gasteiger charge is -2.12. The Morgan fingerprint density at radius 1 is 1.47 bits per heavy atom. The summed E-state index contributed by atoms with van der Waals surface area (Å²) in [5, 5.41) is 13.1. The van der Waals surface area contributed by atoms with Gasteiger partial charge in [-0.3, -0.25) is 9.89 Å².